The molecule has 1 atom stereocenters. The van der Waals surface area contributed by atoms with Gasteiger partial charge in [0.2, 0.25) is 0 Å². The molecule has 1 unspecified atom stereocenters. The lowest BCUT2D eigenvalue weighted by Gasteiger charge is -2.20. The quantitative estimate of drug-likeness (QED) is 0.659. The molecule has 0 bridgehead atoms. The first-order valence-corrected chi connectivity index (χ1v) is 8.46. The van der Waals surface area contributed by atoms with Gasteiger partial charge in [-0.1, -0.05) is 30.7 Å². The lowest BCUT2D eigenvalue weighted by Crippen LogP contribution is -2.11. The van der Waals surface area contributed by atoms with Crippen molar-refractivity contribution in [3.63, 3.8) is 0 Å². The van der Waals surface area contributed by atoms with E-state index in [4.69, 9.17) is 0 Å². The number of nitrogens with one attached hydrogen (secondary N) is 1. The van der Waals surface area contributed by atoms with Crippen molar-refractivity contribution in [3.8, 4) is 0 Å². The number of rotatable bonds is 2. The van der Waals surface area contributed by atoms with Crippen LogP contribution in [0.15, 0.2) is 48.0 Å². The molecular formula is C18H18N2S. The molecule has 4 rings (SSSR count). The standard InChI is InChI=1S/C18H18N2S/c1-3-7-15-13(5-1)6-2-4-8-16(15)20-14-9-10-17-18(11-14)21-12-19-17/h1,3,5,7,9-12,16,20H,2,4,6,8H2. The first-order chi connectivity index (χ1) is 10.4. The summed E-state index contributed by atoms with van der Waals surface area (Å²) in [5.74, 6) is 0. The van der Waals surface area contributed by atoms with Gasteiger partial charge in [-0.2, -0.15) is 0 Å². The maximum Gasteiger partial charge on any atom is 0.0813 e. The summed E-state index contributed by atoms with van der Waals surface area (Å²) in [5, 5.41) is 3.74. The molecule has 0 aliphatic heterocycles. The number of hydrogen-bond donors (Lipinski definition) is 1. The zero-order chi connectivity index (χ0) is 14.1. The molecule has 1 aromatic heterocycles. The van der Waals surface area contributed by atoms with E-state index in [0.29, 0.717) is 6.04 Å². The highest BCUT2D eigenvalue weighted by molar-refractivity contribution is 7.16. The van der Waals surface area contributed by atoms with E-state index in [1.807, 2.05) is 5.51 Å². The second kappa shape index (κ2) is 5.49. The highest BCUT2D eigenvalue weighted by atomic mass is 32.1. The van der Waals surface area contributed by atoms with Crippen molar-refractivity contribution < 1.29 is 0 Å². The molecule has 1 aliphatic carbocycles. The molecule has 1 N–H and O–H groups in total. The molecule has 0 radical (unpaired) electrons. The molecule has 2 aromatic carbocycles. The summed E-state index contributed by atoms with van der Waals surface area (Å²) in [4.78, 5) is 4.35. The van der Waals surface area contributed by atoms with Crippen LogP contribution in [0.5, 0.6) is 0 Å². The Hall–Kier alpha value is -1.87. The number of aryl methyl sites for hydroxylation is 1. The first-order valence-electron chi connectivity index (χ1n) is 7.58. The van der Waals surface area contributed by atoms with Crippen molar-refractivity contribution in [1.29, 1.82) is 0 Å². The summed E-state index contributed by atoms with van der Waals surface area (Å²) in [6, 6.07) is 15.8. The fourth-order valence-corrected chi connectivity index (χ4v) is 3.93. The molecule has 0 saturated heterocycles. The summed E-state index contributed by atoms with van der Waals surface area (Å²) in [6.07, 6.45) is 5.00. The molecule has 0 fully saturated rings. The Morgan fingerprint density at radius 1 is 1.10 bits per heavy atom. The van der Waals surface area contributed by atoms with Gasteiger partial charge in [0.05, 0.1) is 21.8 Å². The van der Waals surface area contributed by atoms with Gasteiger partial charge in [0, 0.05) is 5.69 Å². The zero-order valence-electron chi connectivity index (χ0n) is 11.9. The number of anilines is 1. The molecule has 0 saturated carbocycles. The monoisotopic (exact) mass is 294 g/mol. The lowest BCUT2D eigenvalue weighted by atomic mass is 9.99. The minimum absolute atomic E-state index is 0.425. The van der Waals surface area contributed by atoms with Crippen LogP contribution < -0.4 is 5.32 Å². The Morgan fingerprint density at radius 2 is 2.05 bits per heavy atom. The topological polar surface area (TPSA) is 24.9 Å². The summed E-state index contributed by atoms with van der Waals surface area (Å²) in [7, 11) is 0. The van der Waals surface area contributed by atoms with E-state index in [0.717, 1.165) is 5.52 Å². The highest BCUT2D eigenvalue weighted by Crippen LogP contribution is 2.32. The molecule has 0 spiro atoms. The SMILES string of the molecule is c1ccc2c(c1)CCCCC2Nc1ccc2ncsc2c1. The predicted octanol–water partition coefficient (Wildman–Crippen LogP) is 5.18. The van der Waals surface area contributed by atoms with Crippen molar-refractivity contribution in [2.24, 2.45) is 0 Å². The van der Waals surface area contributed by atoms with Crippen LogP contribution in [0.4, 0.5) is 5.69 Å². The molecular weight excluding hydrogens is 276 g/mol. The van der Waals surface area contributed by atoms with Crippen molar-refractivity contribution in [1.82, 2.24) is 4.98 Å². The van der Waals surface area contributed by atoms with E-state index in [-0.39, 0.29) is 0 Å². The van der Waals surface area contributed by atoms with E-state index in [9.17, 15) is 0 Å². The van der Waals surface area contributed by atoms with Gasteiger partial charge in [0.25, 0.3) is 0 Å². The summed E-state index contributed by atoms with van der Waals surface area (Å²) in [5.41, 5.74) is 7.18. The zero-order valence-corrected chi connectivity index (χ0v) is 12.7. The maximum atomic E-state index is 4.35. The Bertz CT molecular complexity index is 763. The molecule has 0 amide bonds. The van der Waals surface area contributed by atoms with Crippen LogP contribution in [0, 0.1) is 0 Å². The van der Waals surface area contributed by atoms with Gasteiger partial charge in [0.1, 0.15) is 0 Å². The second-order valence-corrected chi connectivity index (χ2v) is 6.56. The van der Waals surface area contributed by atoms with Crippen LogP contribution in [-0.2, 0) is 6.42 Å². The van der Waals surface area contributed by atoms with Crippen LogP contribution in [0.25, 0.3) is 10.2 Å². The van der Waals surface area contributed by atoms with Gasteiger partial charge < -0.3 is 5.32 Å². The minimum Gasteiger partial charge on any atom is -0.378 e. The Morgan fingerprint density at radius 3 is 3.05 bits per heavy atom. The minimum atomic E-state index is 0.425. The number of fused-ring (bicyclic) bond motifs is 2. The maximum absolute atomic E-state index is 4.35. The normalized spacial score (nSPS) is 18.2. The fourth-order valence-electron chi connectivity index (χ4n) is 3.22. The van der Waals surface area contributed by atoms with E-state index in [1.165, 1.54) is 47.2 Å². The van der Waals surface area contributed by atoms with Crippen LogP contribution >= 0.6 is 11.3 Å². The largest absolute Gasteiger partial charge is 0.378 e. The molecule has 1 aliphatic rings. The number of thiazole rings is 1. The molecule has 2 nitrogen and oxygen atoms in total. The van der Waals surface area contributed by atoms with Crippen molar-refractivity contribution >= 4 is 27.2 Å². The highest BCUT2D eigenvalue weighted by Gasteiger charge is 2.18. The molecule has 1 heterocycles. The Balaban J connectivity index is 1.66. The number of aromatic nitrogens is 1. The third kappa shape index (κ3) is 2.54. The molecule has 3 heteroatoms. The summed E-state index contributed by atoms with van der Waals surface area (Å²) >= 11 is 1.70. The van der Waals surface area contributed by atoms with Gasteiger partial charge in [0.15, 0.2) is 0 Å². The van der Waals surface area contributed by atoms with Gasteiger partial charge >= 0.3 is 0 Å². The molecule has 21 heavy (non-hydrogen) atoms. The van der Waals surface area contributed by atoms with Gasteiger partial charge in [-0.15, -0.1) is 11.3 Å². The van der Waals surface area contributed by atoms with E-state index < -0.39 is 0 Å². The van der Waals surface area contributed by atoms with Crippen molar-refractivity contribution in [2.45, 2.75) is 31.7 Å². The third-order valence-electron chi connectivity index (χ3n) is 4.29. The van der Waals surface area contributed by atoms with E-state index >= 15 is 0 Å². The number of hydrogen-bond acceptors (Lipinski definition) is 3. The molecule has 106 valence electrons. The average Bonchev–Trinajstić information content (AvgIpc) is 2.89. The van der Waals surface area contributed by atoms with Crippen molar-refractivity contribution in [2.75, 3.05) is 5.32 Å². The van der Waals surface area contributed by atoms with Gasteiger partial charge in [-0.25, -0.2) is 4.98 Å². The van der Waals surface area contributed by atoms with Crippen LogP contribution in [0.1, 0.15) is 36.4 Å². The third-order valence-corrected chi connectivity index (χ3v) is 5.08. The smallest absolute Gasteiger partial charge is 0.0813 e. The van der Waals surface area contributed by atoms with Gasteiger partial charge in [-0.3, -0.25) is 0 Å². The van der Waals surface area contributed by atoms with Crippen LogP contribution in [0.3, 0.4) is 0 Å². The Labute approximate surface area is 128 Å². The van der Waals surface area contributed by atoms with Crippen molar-refractivity contribution in [3.05, 3.63) is 59.1 Å². The van der Waals surface area contributed by atoms with E-state index in [2.05, 4.69) is 52.8 Å². The fraction of sp³-hybridized carbons (Fsp3) is 0.278. The number of benzene rings is 2. The lowest BCUT2D eigenvalue weighted by molar-refractivity contribution is 0.644. The average molecular weight is 294 g/mol. The summed E-state index contributed by atoms with van der Waals surface area (Å²) in [6.45, 7) is 0. The van der Waals surface area contributed by atoms with Crippen LogP contribution in [0.2, 0.25) is 0 Å². The second-order valence-electron chi connectivity index (χ2n) is 5.68. The molecule has 3 aromatic rings. The van der Waals surface area contributed by atoms with E-state index in [1.54, 1.807) is 11.3 Å². The number of nitrogens with zero attached hydrogens (tertiary/aromatic N) is 1. The van der Waals surface area contributed by atoms with Crippen LogP contribution in [-0.4, -0.2) is 4.98 Å². The Kier molecular flexibility index (Phi) is 3.36. The summed E-state index contributed by atoms with van der Waals surface area (Å²) < 4.78 is 1.25. The first kappa shape index (κ1) is 12.8. The van der Waals surface area contributed by atoms with Gasteiger partial charge in [-0.05, 0) is 48.6 Å². The predicted molar refractivity (Wildman–Crippen MR) is 90.0 cm³/mol.